The maximum atomic E-state index is 5.98. The third-order valence-electron chi connectivity index (χ3n) is 2.84. The molecule has 0 aliphatic heterocycles. The first-order valence-electron chi connectivity index (χ1n) is 5.86. The maximum absolute atomic E-state index is 5.98. The summed E-state index contributed by atoms with van der Waals surface area (Å²) in [6.45, 7) is 0. The van der Waals surface area contributed by atoms with Crippen molar-refractivity contribution in [3.63, 3.8) is 0 Å². The van der Waals surface area contributed by atoms with E-state index >= 15 is 0 Å². The number of anilines is 3. The normalized spacial score (nSPS) is 10.7. The van der Waals surface area contributed by atoms with E-state index in [0.717, 1.165) is 21.1 Å². The van der Waals surface area contributed by atoms with Crippen LogP contribution in [0.4, 0.5) is 17.2 Å². The zero-order valence-electron chi connectivity index (χ0n) is 10.3. The van der Waals surface area contributed by atoms with Crippen molar-refractivity contribution >= 4 is 55.6 Å². The minimum atomic E-state index is 0.660. The molecule has 1 aromatic heterocycles. The minimum absolute atomic E-state index is 0.660. The van der Waals surface area contributed by atoms with E-state index in [1.54, 1.807) is 0 Å². The van der Waals surface area contributed by atoms with E-state index in [4.69, 9.17) is 17.3 Å². The first-order chi connectivity index (χ1) is 9.63. The lowest BCUT2D eigenvalue weighted by Gasteiger charge is -2.09. The summed E-state index contributed by atoms with van der Waals surface area (Å²) in [6.07, 6.45) is 1.52. The molecular weight excluding hydrogens is 340 g/mol. The van der Waals surface area contributed by atoms with Crippen LogP contribution in [0.5, 0.6) is 0 Å². The van der Waals surface area contributed by atoms with Crippen LogP contribution in [0, 0.1) is 0 Å². The molecule has 100 valence electrons. The Morgan fingerprint density at radius 3 is 2.75 bits per heavy atom. The topological polar surface area (TPSA) is 63.8 Å². The third-order valence-corrected chi connectivity index (χ3v) is 4.06. The number of halogens is 2. The van der Waals surface area contributed by atoms with Gasteiger partial charge in [0, 0.05) is 21.2 Å². The lowest BCUT2D eigenvalue weighted by molar-refractivity contribution is 1.22. The monoisotopic (exact) mass is 348 g/mol. The van der Waals surface area contributed by atoms with E-state index in [-0.39, 0.29) is 0 Å². The molecule has 20 heavy (non-hydrogen) atoms. The Hall–Kier alpha value is -1.85. The van der Waals surface area contributed by atoms with Crippen molar-refractivity contribution in [3.05, 3.63) is 52.2 Å². The van der Waals surface area contributed by atoms with Crippen molar-refractivity contribution in [2.45, 2.75) is 0 Å². The molecular formula is C14H10BrClN4. The Morgan fingerprint density at radius 1 is 1.10 bits per heavy atom. The molecule has 0 atom stereocenters. The summed E-state index contributed by atoms with van der Waals surface area (Å²) in [5, 5.41) is 4.78. The van der Waals surface area contributed by atoms with E-state index in [1.807, 2.05) is 36.4 Å². The highest BCUT2D eigenvalue weighted by Gasteiger charge is 2.06. The van der Waals surface area contributed by atoms with Crippen molar-refractivity contribution in [1.29, 1.82) is 0 Å². The molecule has 0 aliphatic carbocycles. The lowest BCUT2D eigenvalue weighted by Crippen LogP contribution is -1.97. The van der Waals surface area contributed by atoms with Crippen LogP contribution in [0.25, 0.3) is 10.9 Å². The van der Waals surface area contributed by atoms with E-state index in [9.17, 15) is 0 Å². The van der Waals surface area contributed by atoms with Gasteiger partial charge in [0.1, 0.15) is 12.1 Å². The lowest BCUT2D eigenvalue weighted by atomic mass is 10.2. The highest BCUT2D eigenvalue weighted by Crippen LogP contribution is 2.29. The van der Waals surface area contributed by atoms with Crippen LogP contribution in [0.2, 0.25) is 5.02 Å². The zero-order valence-corrected chi connectivity index (χ0v) is 12.6. The fourth-order valence-corrected chi connectivity index (χ4v) is 2.38. The average molecular weight is 350 g/mol. The number of fused-ring (bicyclic) bond motifs is 1. The minimum Gasteiger partial charge on any atom is -0.399 e. The molecule has 0 spiro atoms. The van der Waals surface area contributed by atoms with Gasteiger partial charge in [-0.2, -0.15) is 0 Å². The molecule has 0 amide bonds. The van der Waals surface area contributed by atoms with Crippen molar-refractivity contribution < 1.29 is 0 Å². The van der Waals surface area contributed by atoms with Gasteiger partial charge < -0.3 is 11.1 Å². The molecule has 3 N–H and O–H groups in total. The zero-order chi connectivity index (χ0) is 14.1. The van der Waals surface area contributed by atoms with Gasteiger partial charge in [0.25, 0.3) is 0 Å². The largest absolute Gasteiger partial charge is 0.399 e. The van der Waals surface area contributed by atoms with Crippen LogP contribution >= 0.6 is 27.5 Å². The van der Waals surface area contributed by atoms with Gasteiger partial charge in [0.05, 0.1) is 10.5 Å². The smallest absolute Gasteiger partial charge is 0.141 e. The fourth-order valence-electron chi connectivity index (χ4n) is 1.88. The number of aromatic nitrogens is 2. The second-order valence-corrected chi connectivity index (χ2v) is 5.51. The van der Waals surface area contributed by atoms with Crippen LogP contribution in [0.3, 0.4) is 0 Å². The highest BCUT2D eigenvalue weighted by atomic mass is 79.9. The molecule has 6 heteroatoms. The molecule has 4 nitrogen and oxygen atoms in total. The summed E-state index contributed by atoms with van der Waals surface area (Å²) in [6, 6.07) is 11.1. The van der Waals surface area contributed by atoms with Crippen molar-refractivity contribution in [1.82, 2.24) is 9.97 Å². The Bertz CT molecular complexity index is 791. The van der Waals surface area contributed by atoms with E-state index < -0.39 is 0 Å². The molecule has 1 heterocycles. The second kappa shape index (κ2) is 5.26. The third kappa shape index (κ3) is 2.55. The van der Waals surface area contributed by atoms with Crippen LogP contribution in [-0.2, 0) is 0 Å². The predicted molar refractivity (Wildman–Crippen MR) is 86.4 cm³/mol. The first kappa shape index (κ1) is 13.1. The predicted octanol–water partition coefficient (Wildman–Crippen LogP) is 4.37. The number of nitrogens with one attached hydrogen (secondary N) is 1. The summed E-state index contributed by atoms with van der Waals surface area (Å²) in [5.74, 6) is 0.705. The van der Waals surface area contributed by atoms with Crippen LogP contribution < -0.4 is 11.1 Å². The highest BCUT2D eigenvalue weighted by molar-refractivity contribution is 9.10. The molecule has 3 rings (SSSR count). The quantitative estimate of drug-likeness (QED) is 0.674. The van der Waals surface area contributed by atoms with Crippen molar-refractivity contribution in [2.24, 2.45) is 0 Å². The molecule has 3 aromatic rings. The van der Waals surface area contributed by atoms with Gasteiger partial charge >= 0.3 is 0 Å². The summed E-state index contributed by atoms with van der Waals surface area (Å²) < 4.78 is 0.821. The van der Waals surface area contributed by atoms with Gasteiger partial charge in [-0.25, -0.2) is 9.97 Å². The number of nitrogen functional groups attached to an aromatic ring is 1. The van der Waals surface area contributed by atoms with Gasteiger partial charge in [-0.3, -0.25) is 0 Å². The van der Waals surface area contributed by atoms with E-state index in [0.29, 0.717) is 16.5 Å². The summed E-state index contributed by atoms with van der Waals surface area (Å²) in [4.78, 5) is 8.49. The van der Waals surface area contributed by atoms with Crippen LogP contribution in [0.1, 0.15) is 0 Å². The Labute approximate surface area is 129 Å². The fraction of sp³-hybridized carbons (Fsp3) is 0. The van der Waals surface area contributed by atoms with Crippen molar-refractivity contribution in [2.75, 3.05) is 11.1 Å². The molecule has 0 saturated carbocycles. The number of hydrogen-bond acceptors (Lipinski definition) is 4. The van der Waals surface area contributed by atoms with Gasteiger partial charge in [0.2, 0.25) is 0 Å². The van der Waals surface area contributed by atoms with Crippen LogP contribution in [-0.4, -0.2) is 9.97 Å². The summed E-state index contributed by atoms with van der Waals surface area (Å²) in [7, 11) is 0. The van der Waals surface area contributed by atoms with E-state index in [1.165, 1.54) is 6.33 Å². The van der Waals surface area contributed by atoms with Crippen LogP contribution in [0.15, 0.2) is 47.2 Å². The second-order valence-electron chi connectivity index (χ2n) is 4.25. The van der Waals surface area contributed by atoms with Gasteiger partial charge in [-0.1, -0.05) is 11.6 Å². The molecule has 0 bridgehead atoms. The average Bonchev–Trinajstić information content (AvgIpc) is 2.44. The van der Waals surface area contributed by atoms with Gasteiger partial charge in [0.15, 0.2) is 0 Å². The Kier molecular flexibility index (Phi) is 3.46. The standard InChI is InChI=1S/C14H10BrClN4/c15-11-6-9(2-3-12(11)16)20-14-10-5-8(17)1-4-13(10)18-7-19-14/h1-7H,17H2,(H,18,19,20). The molecule has 0 saturated heterocycles. The number of nitrogens with zero attached hydrogens (tertiary/aromatic N) is 2. The molecule has 0 radical (unpaired) electrons. The summed E-state index contributed by atoms with van der Waals surface area (Å²) in [5.41, 5.74) is 8.21. The summed E-state index contributed by atoms with van der Waals surface area (Å²) >= 11 is 9.38. The SMILES string of the molecule is Nc1ccc2ncnc(Nc3ccc(Cl)c(Br)c3)c2c1. The Morgan fingerprint density at radius 2 is 1.95 bits per heavy atom. The molecule has 0 unspecified atom stereocenters. The number of benzene rings is 2. The molecule has 0 fully saturated rings. The number of rotatable bonds is 2. The Balaban J connectivity index is 2.05. The molecule has 0 aliphatic rings. The maximum Gasteiger partial charge on any atom is 0.141 e. The number of nitrogens with two attached hydrogens (primary N) is 1. The van der Waals surface area contributed by atoms with Gasteiger partial charge in [-0.15, -0.1) is 0 Å². The first-order valence-corrected chi connectivity index (χ1v) is 7.03. The number of hydrogen-bond donors (Lipinski definition) is 2. The van der Waals surface area contributed by atoms with Crippen molar-refractivity contribution in [3.8, 4) is 0 Å². The molecule has 2 aromatic carbocycles. The van der Waals surface area contributed by atoms with E-state index in [2.05, 4.69) is 31.2 Å². The van der Waals surface area contributed by atoms with Gasteiger partial charge in [-0.05, 0) is 52.3 Å².